The fraction of sp³-hybridized carbons (Fsp3) is 0.188. The molecule has 3 nitrogen and oxygen atoms in total. The van der Waals surface area contributed by atoms with Crippen LogP contribution in [0.5, 0.6) is 0 Å². The highest BCUT2D eigenvalue weighted by atomic mass is 35.5. The summed E-state index contributed by atoms with van der Waals surface area (Å²) in [6, 6.07) is 13.1. The Morgan fingerprint density at radius 3 is 2.40 bits per heavy atom. The Morgan fingerprint density at radius 2 is 1.80 bits per heavy atom. The molecule has 0 fully saturated rings. The van der Waals surface area contributed by atoms with Crippen LogP contribution in [0.25, 0.3) is 0 Å². The molecule has 0 aliphatic carbocycles. The van der Waals surface area contributed by atoms with E-state index in [0.717, 1.165) is 16.7 Å². The highest BCUT2D eigenvalue weighted by Gasteiger charge is 2.08. The number of aryl methyl sites for hydroxylation is 1. The molecule has 0 aromatic heterocycles. The minimum atomic E-state index is -0.0953. The van der Waals surface area contributed by atoms with E-state index in [0.29, 0.717) is 23.7 Å². The van der Waals surface area contributed by atoms with Crippen molar-refractivity contribution in [2.24, 2.45) is 5.73 Å². The van der Waals surface area contributed by atoms with Crippen molar-refractivity contribution in [1.29, 1.82) is 0 Å². The van der Waals surface area contributed by atoms with Crippen molar-refractivity contribution in [1.82, 2.24) is 5.32 Å². The first kappa shape index (κ1) is 14.6. The summed E-state index contributed by atoms with van der Waals surface area (Å²) >= 11 is 5.88. The summed E-state index contributed by atoms with van der Waals surface area (Å²) in [7, 11) is 0. The van der Waals surface area contributed by atoms with Gasteiger partial charge in [0.25, 0.3) is 5.91 Å². The van der Waals surface area contributed by atoms with Crippen LogP contribution in [0.4, 0.5) is 0 Å². The summed E-state index contributed by atoms with van der Waals surface area (Å²) in [5.74, 6) is -0.0953. The number of hydrogen-bond donors (Lipinski definition) is 2. The van der Waals surface area contributed by atoms with Crippen molar-refractivity contribution >= 4 is 17.5 Å². The molecule has 0 aliphatic rings. The Bertz CT molecular complexity index is 608. The Morgan fingerprint density at radius 1 is 1.15 bits per heavy atom. The van der Waals surface area contributed by atoms with Crippen molar-refractivity contribution < 1.29 is 4.79 Å². The lowest BCUT2D eigenvalue weighted by molar-refractivity contribution is 0.0950. The SMILES string of the molecule is Cc1cc(Cl)ccc1C(=O)NCc1ccc(CN)cc1. The number of benzene rings is 2. The maximum absolute atomic E-state index is 12.1. The van der Waals surface area contributed by atoms with Crippen molar-refractivity contribution in [2.75, 3.05) is 0 Å². The van der Waals surface area contributed by atoms with Gasteiger partial charge in [-0.15, -0.1) is 0 Å². The molecule has 0 radical (unpaired) electrons. The van der Waals surface area contributed by atoms with Crippen LogP contribution in [0.3, 0.4) is 0 Å². The quantitative estimate of drug-likeness (QED) is 0.908. The van der Waals surface area contributed by atoms with Crippen molar-refractivity contribution in [3.05, 3.63) is 69.7 Å². The first-order valence-corrected chi connectivity index (χ1v) is 6.80. The molecule has 3 N–H and O–H groups in total. The van der Waals surface area contributed by atoms with E-state index in [-0.39, 0.29) is 5.91 Å². The summed E-state index contributed by atoms with van der Waals surface area (Å²) < 4.78 is 0. The summed E-state index contributed by atoms with van der Waals surface area (Å²) in [6.45, 7) is 2.89. The topological polar surface area (TPSA) is 55.1 Å². The Kier molecular flexibility index (Phi) is 4.77. The lowest BCUT2D eigenvalue weighted by Crippen LogP contribution is -2.23. The number of nitrogens with one attached hydrogen (secondary N) is 1. The van der Waals surface area contributed by atoms with Gasteiger partial charge >= 0.3 is 0 Å². The fourth-order valence-corrected chi connectivity index (χ4v) is 2.18. The molecule has 0 spiro atoms. The van der Waals surface area contributed by atoms with Crippen LogP contribution in [-0.2, 0) is 13.1 Å². The van der Waals surface area contributed by atoms with Crippen LogP contribution >= 0.6 is 11.6 Å². The van der Waals surface area contributed by atoms with Gasteiger partial charge in [-0.25, -0.2) is 0 Å². The molecular formula is C16H17ClN2O. The van der Waals surface area contributed by atoms with Crippen molar-refractivity contribution in [3.8, 4) is 0 Å². The highest BCUT2D eigenvalue weighted by molar-refractivity contribution is 6.30. The van der Waals surface area contributed by atoms with Gasteiger partial charge < -0.3 is 11.1 Å². The minimum absolute atomic E-state index is 0.0953. The van der Waals surface area contributed by atoms with Gasteiger partial charge in [0.1, 0.15) is 0 Å². The largest absolute Gasteiger partial charge is 0.348 e. The lowest BCUT2D eigenvalue weighted by Gasteiger charge is -2.08. The zero-order chi connectivity index (χ0) is 14.5. The second kappa shape index (κ2) is 6.55. The minimum Gasteiger partial charge on any atom is -0.348 e. The third-order valence-electron chi connectivity index (χ3n) is 3.14. The van der Waals surface area contributed by atoms with Crippen molar-refractivity contribution in [2.45, 2.75) is 20.0 Å². The molecule has 2 aromatic carbocycles. The third-order valence-corrected chi connectivity index (χ3v) is 3.38. The normalized spacial score (nSPS) is 10.3. The second-order valence-corrected chi connectivity index (χ2v) is 5.10. The zero-order valence-electron chi connectivity index (χ0n) is 11.3. The number of amides is 1. The number of nitrogens with two attached hydrogens (primary N) is 1. The lowest BCUT2D eigenvalue weighted by atomic mass is 10.1. The number of carbonyl (C=O) groups excluding carboxylic acids is 1. The smallest absolute Gasteiger partial charge is 0.251 e. The monoisotopic (exact) mass is 288 g/mol. The average Bonchev–Trinajstić information content (AvgIpc) is 2.45. The molecule has 0 unspecified atom stereocenters. The van der Waals surface area contributed by atoms with E-state index in [2.05, 4.69) is 5.32 Å². The maximum atomic E-state index is 12.1. The molecule has 0 saturated heterocycles. The standard InChI is InChI=1S/C16H17ClN2O/c1-11-8-14(17)6-7-15(11)16(20)19-10-13-4-2-12(9-18)3-5-13/h2-8H,9-10,18H2,1H3,(H,19,20). The Labute approximate surface area is 123 Å². The van der Waals surface area contributed by atoms with Gasteiger partial charge in [0.2, 0.25) is 0 Å². The molecule has 0 saturated carbocycles. The van der Waals surface area contributed by atoms with Gasteiger partial charge in [-0.1, -0.05) is 35.9 Å². The number of hydrogen-bond acceptors (Lipinski definition) is 2. The first-order chi connectivity index (χ1) is 9.60. The molecule has 4 heteroatoms. The van der Waals surface area contributed by atoms with Gasteiger partial charge in [0.05, 0.1) is 0 Å². The molecule has 0 heterocycles. The van der Waals surface area contributed by atoms with E-state index in [9.17, 15) is 4.79 Å². The molecule has 20 heavy (non-hydrogen) atoms. The van der Waals surface area contributed by atoms with E-state index in [4.69, 9.17) is 17.3 Å². The summed E-state index contributed by atoms with van der Waals surface area (Å²) in [6.07, 6.45) is 0. The third kappa shape index (κ3) is 3.59. The van der Waals surface area contributed by atoms with Crippen LogP contribution in [0.1, 0.15) is 27.0 Å². The van der Waals surface area contributed by atoms with Crippen LogP contribution < -0.4 is 11.1 Å². The molecule has 1 amide bonds. The van der Waals surface area contributed by atoms with Gasteiger partial charge in [0, 0.05) is 23.7 Å². The molecule has 104 valence electrons. The molecule has 0 bridgehead atoms. The maximum Gasteiger partial charge on any atom is 0.251 e. The van der Waals surface area contributed by atoms with Crippen LogP contribution in [-0.4, -0.2) is 5.91 Å². The fourth-order valence-electron chi connectivity index (χ4n) is 1.95. The van der Waals surface area contributed by atoms with Crippen LogP contribution in [0, 0.1) is 6.92 Å². The molecule has 2 rings (SSSR count). The number of halogens is 1. The Hall–Kier alpha value is -1.84. The van der Waals surface area contributed by atoms with E-state index in [1.54, 1.807) is 18.2 Å². The van der Waals surface area contributed by atoms with Gasteiger partial charge in [-0.2, -0.15) is 0 Å². The molecule has 0 atom stereocenters. The van der Waals surface area contributed by atoms with Crippen LogP contribution in [0.2, 0.25) is 5.02 Å². The van der Waals surface area contributed by atoms with E-state index < -0.39 is 0 Å². The summed E-state index contributed by atoms with van der Waals surface area (Å²) in [5.41, 5.74) is 9.18. The van der Waals surface area contributed by atoms with Crippen LogP contribution in [0.15, 0.2) is 42.5 Å². The number of rotatable bonds is 4. The predicted molar refractivity (Wildman–Crippen MR) is 81.7 cm³/mol. The summed E-state index contributed by atoms with van der Waals surface area (Å²) in [5, 5.41) is 3.54. The highest BCUT2D eigenvalue weighted by Crippen LogP contribution is 2.15. The molecular weight excluding hydrogens is 272 g/mol. The Balaban J connectivity index is 2.00. The van der Waals surface area contributed by atoms with E-state index in [1.807, 2.05) is 31.2 Å². The zero-order valence-corrected chi connectivity index (χ0v) is 12.1. The second-order valence-electron chi connectivity index (χ2n) is 4.66. The predicted octanol–water partition coefficient (Wildman–Crippen LogP) is 3.04. The molecule has 2 aromatic rings. The summed E-state index contributed by atoms with van der Waals surface area (Å²) in [4.78, 5) is 12.1. The van der Waals surface area contributed by atoms with Crippen molar-refractivity contribution in [3.63, 3.8) is 0 Å². The van der Waals surface area contributed by atoms with Gasteiger partial charge in [-0.05, 0) is 41.8 Å². The van der Waals surface area contributed by atoms with Gasteiger partial charge in [-0.3, -0.25) is 4.79 Å². The number of carbonyl (C=O) groups is 1. The average molecular weight is 289 g/mol. The van der Waals surface area contributed by atoms with E-state index >= 15 is 0 Å². The first-order valence-electron chi connectivity index (χ1n) is 6.42. The van der Waals surface area contributed by atoms with Gasteiger partial charge in [0.15, 0.2) is 0 Å². The molecule has 0 aliphatic heterocycles. The van der Waals surface area contributed by atoms with E-state index in [1.165, 1.54) is 0 Å².